The zero-order valence-electron chi connectivity index (χ0n) is 18.4. The lowest BCUT2D eigenvalue weighted by molar-refractivity contribution is 0.282. The Morgan fingerprint density at radius 1 is 0.794 bits per heavy atom. The third kappa shape index (κ3) is 6.17. The molecule has 0 atom stereocenters. The smallest absolute Gasteiger partial charge is 0.175 e. The molecule has 4 rings (SSSR count). The highest BCUT2D eigenvalue weighted by atomic mass is 79.9. The average molecular weight is 558 g/mol. The molecule has 34 heavy (non-hydrogen) atoms. The molecule has 4 aromatic rings. The predicted octanol–water partition coefficient (Wildman–Crippen LogP) is 8.70. The van der Waals surface area contributed by atoms with E-state index in [1.165, 1.54) is 0 Å². The van der Waals surface area contributed by atoms with E-state index in [4.69, 9.17) is 32.7 Å². The molecule has 0 aliphatic heterocycles. The van der Waals surface area contributed by atoms with E-state index in [0.717, 1.165) is 32.7 Å². The summed E-state index contributed by atoms with van der Waals surface area (Å²) >= 11 is 16.1. The summed E-state index contributed by atoms with van der Waals surface area (Å²) in [6.07, 6.45) is 0. The predicted molar refractivity (Wildman–Crippen MR) is 145 cm³/mol. The van der Waals surface area contributed by atoms with Gasteiger partial charge in [0.2, 0.25) is 0 Å². The van der Waals surface area contributed by atoms with Gasteiger partial charge in [-0.1, -0.05) is 47.5 Å². The van der Waals surface area contributed by atoms with E-state index >= 15 is 0 Å². The topological polar surface area (TPSA) is 42.5 Å². The van der Waals surface area contributed by atoms with Crippen LogP contribution in [0.5, 0.6) is 11.5 Å². The first kappa shape index (κ1) is 24.3. The van der Waals surface area contributed by atoms with Gasteiger partial charge in [-0.2, -0.15) is 0 Å². The molecule has 0 fully saturated rings. The summed E-state index contributed by atoms with van der Waals surface area (Å²) < 4.78 is 12.4. The summed E-state index contributed by atoms with van der Waals surface area (Å²) in [7, 11) is 1.62. The normalized spacial score (nSPS) is 10.6. The van der Waals surface area contributed by atoms with Gasteiger partial charge in [0.15, 0.2) is 11.5 Å². The van der Waals surface area contributed by atoms with Crippen LogP contribution in [0.4, 0.5) is 17.1 Å². The van der Waals surface area contributed by atoms with E-state index in [0.29, 0.717) is 28.1 Å². The first-order chi connectivity index (χ1) is 16.5. The lowest BCUT2D eigenvalue weighted by Crippen LogP contribution is -2.03. The minimum atomic E-state index is 0.231. The number of halogens is 3. The van der Waals surface area contributed by atoms with Gasteiger partial charge in [0.25, 0.3) is 0 Å². The van der Waals surface area contributed by atoms with E-state index in [9.17, 15) is 0 Å². The summed E-state index contributed by atoms with van der Waals surface area (Å²) in [6.45, 7) is 0.853. The highest BCUT2D eigenvalue weighted by Gasteiger charge is 2.14. The maximum atomic E-state index is 6.26. The van der Waals surface area contributed by atoms with E-state index in [-0.39, 0.29) is 6.61 Å². The molecule has 2 N–H and O–H groups in total. The zero-order valence-corrected chi connectivity index (χ0v) is 21.5. The number of methoxy groups -OCH3 is 1. The summed E-state index contributed by atoms with van der Waals surface area (Å²) in [5.74, 6) is 1.22. The minimum absolute atomic E-state index is 0.231. The van der Waals surface area contributed by atoms with Crippen LogP contribution in [0.1, 0.15) is 11.1 Å². The van der Waals surface area contributed by atoms with Crippen LogP contribution in [0.15, 0.2) is 89.4 Å². The van der Waals surface area contributed by atoms with Crippen LogP contribution in [0.2, 0.25) is 10.0 Å². The van der Waals surface area contributed by atoms with Crippen LogP contribution in [0.25, 0.3) is 0 Å². The summed E-state index contributed by atoms with van der Waals surface area (Å²) in [5.41, 5.74) is 4.87. The van der Waals surface area contributed by atoms with Gasteiger partial charge >= 0.3 is 0 Å². The standard InChI is InChI=1S/C27H23BrCl2N2O2/c1-33-26-15-18(14-23(28)27(26)34-17-22-24(29)8-5-9-25(22)30)16-31-19-10-12-21(13-11-19)32-20-6-3-2-4-7-20/h2-15,31-32H,16-17H2,1H3. The fraction of sp³-hybridized carbons (Fsp3) is 0.111. The van der Waals surface area contributed by atoms with Crippen LogP contribution in [0, 0.1) is 0 Å². The number of anilines is 3. The maximum absolute atomic E-state index is 6.26. The highest BCUT2D eigenvalue weighted by Crippen LogP contribution is 2.38. The molecular formula is C27H23BrCl2N2O2. The van der Waals surface area contributed by atoms with E-state index in [1.54, 1.807) is 25.3 Å². The van der Waals surface area contributed by atoms with Crippen molar-refractivity contribution in [1.82, 2.24) is 0 Å². The average Bonchev–Trinajstić information content (AvgIpc) is 2.84. The van der Waals surface area contributed by atoms with Crippen LogP contribution >= 0.6 is 39.1 Å². The second-order valence-corrected chi connectivity index (χ2v) is 9.19. The number of hydrogen-bond acceptors (Lipinski definition) is 4. The van der Waals surface area contributed by atoms with Gasteiger partial charge in [-0.15, -0.1) is 0 Å². The first-order valence-electron chi connectivity index (χ1n) is 10.6. The van der Waals surface area contributed by atoms with Gasteiger partial charge in [0.05, 0.1) is 11.6 Å². The van der Waals surface area contributed by atoms with E-state index < -0.39 is 0 Å². The summed E-state index contributed by atoms with van der Waals surface area (Å²) in [6, 6.07) is 27.6. The summed E-state index contributed by atoms with van der Waals surface area (Å²) in [5, 5.41) is 7.95. The molecule has 0 bridgehead atoms. The molecule has 0 amide bonds. The Bertz CT molecular complexity index is 1230. The number of ether oxygens (including phenoxy) is 2. The molecule has 174 valence electrons. The van der Waals surface area contributed by atoms with Crippen molar-refractivity contribution in [3.63, 3.8) is 0 Å². The molecule has 0 aromatic heterocycles. The van der Waals surface area contributed by atoms with Crippen molar-refractivity contribution in [3.8, 4) is 11.5 Å². The third-order valence-electron chi connectivity index (χ3n) is 5.16. The lowest BCUT2D eigenvalue weighted by Gasteiger charge is -2.16. The summed E-state index contributed by atoms with van der Waals surface area (Å²) in [4.78, 5) is 0. The Hall–Kier alpha value is -2.86. The van der Waals surface area contributed by atoms with Crippen molar-refractivity contribution in [2.75, 3.05) is 17.7 Å². The van der Waals surface area contributed by atoms with Crippen LogP contribution in [0.3, 0.4) is 0 Å². The molecule has 0 aliphatic carbocycles. The fourth-order valence-electron chi connectivity index (χ4n) is 3.39. The van der Waals surface area contributed by atoms with Gasteiger partial charge in [0.1, 0.15) is 6.61 Å². The molecule has 0 saturated heterocycles. The Kier molecular flexibility index (Phi) is 8.22. The third-order valence-corrected chi connectivity index (χ3v) is 6.45. The second-order valence-electron chi connectivity index (χ2n) is 7.52. The molecule has 0 heterocycles. The van der Waals surface area contributed by atoms with Crippen LogP contribution in [-0.2, 0) is 13.2 Å². The Morgan fingerprint density at radius 2 is 1.44 bits per heavy atom. The first-order valence-corrected chi connectivity index (χ1v) is 12.2. The van der Waals surface area contributed by atoms with Gasteiger partial charge in [-0.25, -0.2) is 0 Å². The Morgan fingerprint density at radius 3 is 2.12 bits per heavy atom. The van der Waals surface area contributed by atoms with Gasteiger partial charge < -0.3 is 20.1 Å². The minimum Gasteiger partial charge on any atom is -0.493 e. The van der Waals surface area contributed by atoms with E-state index in [2.05, 4.69) is 26.6 Å². The van der Waals surface area contributed by atoms with Crippen molar-refractivity contribution in [2.45, 2.75) is 13.2 Å². The molecular weight excluding hydrogens is 535 g/mol. The van der Waals surface area contributed by atoms with E-state index in [1.807, 2.05) is 66.7 Å². The molecule has 4 nitrogen and oxygen atoms in total. The van der Waals surface area contributed by atoms with Gasteiger partial charge in [0, 0.05) is 39.2 Å². The monoisotopic (exact) mass is 556 g/mol. The highest BCUT2D eigenvalue weighted by molar-refractivity contribution is 9.10. The molecule has 0 spiro atoms. The fourth-order valence-corrected chi connectivity index (χ4v) is 4.50. The Labute approximate surface area is 217 Å². The van der Waals surface area contributed by atoms with Crippen molar-refractivity contribution < 1.29 is 9.47 Å². The van der Waals surface area contributed by atoms with Crippen molar-refractivity contribution in [2.24, 2.45) is 0 Å². The number of hydrogen-bond donors (Lipinski definition) is 2. The zero-order chi connectivity index (χ0) is 23.9. The van der Waals surface area contributed by atoms with Crippen LogP contribution in [-0.4, -0.2) is 7.11 Å². The SMILES string of the molecule is COc1cc(CNc2ccc(Nc3ccccc3)cc2)cc(Br)c1OCc1c(Cl)cccc1Cl. The largest absolute Gasteiger partial charge is 0.493 e. The van der Waals surface area contributed by atoms with Crippen LogP contribution < -0.4 is 20.1 Å². The van der Waals surface area contributed by atoms with Crippen molar-refractivity contribution in [1.29, 1.82) is 0 Å². The molecule has 0 aliphatic rings. The molecule has 0 saturated carbocycles. The molecule has 7 heteroatoms. The number of nitrogens with one attached hydrogen (secondary N) is 2. The number of rotatable bonds is 9. The van der Waals surface area contributed by atoms with Crippen molar-refractivity contribution >= 4 is 56.2 Å². The number of benzene rings is 4. The quantitative estimate of drug-likeness (QED) is 0.216. The maximum Gasteiger partial charge on any atom is 0.175 e. The second kappa shape index (κ2) is 11.5. The van der Waals surface area contributed by atoms with Crippen molar-refractivity contribution in [3.05, 3.63) is 111 Å². The lowest BCUT2D eigenvalue weighted by atomic mass is 10.2. The van der Waals surface area contributed by atoms with Gasteiger partial charge in [-0.05, 0) is 82.2 Å². The Balaban J connectivity index is 1.40. The van der Waals surface area contributed by atoms with Gasteiger partial charge in [-0.3, -0.25) is 0 Å². The molecule has 4 aromatic carbocycles. The number of para-hydroxylation sites is 1. The molecule has 0 unspecified atom stereocenters. The molecule has 0 radical (unpaired) electrons.